The molecule has 292 valence electrons. The minimum atomic E-state index is -0.632. The van der Waals surface area contributed by atoms with Gasteiger partial charge in [-0.1, -0.05) is 13.0 Å². The zero-order chi connectivity index (χ0) is 40.3. The van der Waals surface area contributed by atoms with Crippen LogP contribution in [0.3, 0.4) is 0 Å². The van der Waals surface area contributed by atoms with Crippen LogP contribution in [0, 0.1) is 30.0 Å². The number of benzene rings is 1. The van der Waals surface area contributed by atoms with Gasteiger partial charge in [0.05, 0.1) is 42.3 Å². The number of hydrogen-bond donors (Lipinski definition) is 0. The number of hydrogen-bond acceptors (Lipinski definition) is 9. The fourth-order valence-electron chi connectivity index (χ4n) is 8.12. The van der Waals surface area contributed by atoms with E-state index in [1.54, 1.807) is 51.8 Å². The van der Waals surface area contributed by atoms with Crippen molar-refractivity contribution in [1.82, 2.24) is 43.4 Å². The number of aryl methyl sites for hydroxylation is 1. The highest BCUT2D eigenvalue weighted by Crippen LogP contribution is 2.34. The molecule has 1 saturated heterocycles. The fourth-order valence-corrected chi connectivity index (χ4v) is 8.32. The van der Waals surface area contributed by atoms with E-state index in [-0.39, 0.29) is 53.2 Å². The second kappa shape index (κ2) is 14.4. The Hall–Kier alpha value is -6.14. The van der Waals surface area contributed by atoms with Gasteiger partial charge in [-0.15, -0.1) is 0 Å². The summed E-state index contributed by atoms with van der Waals surface area (Å²) in [4.78, 5) is 62.8. The van der Waals surface area contributed by atoms with Gasteiger partial charge in [0.2, 0.25) is 5.28 Å². The van der Waals surface area contributed by atoms with Gasteiger partial charge in [-0.25, -0.2) is 28.9 Å². The lowest BCUT2D eigenvalue weighted by Crippen LogP contribution is -2.47. The standard InChI is InChI=1S/C41H40ClFN10O4/c1-23-20-50(40(56)57-41(3,4)5)16-13-32(23)53-36-34(24(2)47-38(42)48-36)52(39(53)55)27-10-11-31(46-19-27)37(54)49-15-12-28-29-7-6-14-45-35(29)51(33(28)22-49)21-26-9-8-25(18-44)17-30(26)43/h6-11,14,17,19,23,32H,12-13,15-16,20-22H2,1-5H3/t23-,32+/m1/s1. The molecule has 1 aromatic carbocycles. The molecular formula is C41H40ClFN10O4. The third kappa shape index (κ3) is 6.88. The van der Waals surface area contributed by atoms with Crippen molar-refractivity contribution in [2.75, 3.05) is 19.6 Å². The maximum atomic E-state index is 15.1. The maximum Gasteiger partial charge on any atom is 0.410 e. The first kappa shape index (κ1) is 37.8. The first-order chi connectivity index (χ1) is 27.2. The van der Waals surface area contributed by atoms with Crippen molar-refractivity contribution in [2.45, 2.75) is 72.2 Å². The van der Waals surface area contributed by atoms with E-state index < -0.39 is 17.5 Å². The molecule has 16 heteroatoms. The number of ether oxygens (including phenoxy) is 1. The van der Waals surface area contributed by atoms with Gasteiger partial charge in [-0.2, -0.15) is 10.2 Å². The highest BCUT2D eigenvalue weighted by molar-refractivity contribution is 6.28. The van der Waals surface area contributed by atoms with Crippen molar-refractivity contribution in [2.24, 2.45) is 5.92 Å². The SMILES string of the molecule is Cc1nc(Cl)nc2c1n(-c1ccc(C(=O)N3CCc4c(n(Cc5ccc(C#N)cc5F)c5ncccc45)C3)nc1)c(=O)n2[C@H]1CCN(C(=O)OC(C)(C)C)C[C@H]1C. The molecule has 0 unspecified atom stereocenters. The van der Waals surface area contributed by atoms with E-state index in [0.717, 1.165) is 16.6 Å². The van der Waals surface area contributed by atoms with Crippen LogP contribution in [0.15, 0.2) is 59.7 Å². The number of carbonyl (C=O) groups excluding carboxylic acids is 2. The number of rotatable bonds is 5. The largest absolute Gasteiger partial charge is 0.444 e. The van der Waals surface area contributed by atoms with Crippen LogP contribution >= 0.6 is 11.6 Å². The molecule has 8 rings (SSSR count). The molecule has 14 nitrogen and oxygen atoms in total. The van der Waals surface area contributed by atoms with E-state index in [9.17, 15) is 19.6 Å². The molecule has 0 saturated carbocycles. The molecule has 0 N–H and O–H groups in total. The van der Waals surface area contributed by atoms with Crippen molar-refractivity contribution in [3.05, 3.63) is 110 Å². The Bertz CT molecular complexity index is 2690. The van der Waals surface area contributed by atoms with Crippen LogP contribution in [0.2, 0.25) is 5.28 Å². The normalized spacial score (nSPS) is 17.2. The minimum absolute atomic E-state index is 0.00496. The summed E-state index contributed by atoms with van der Waals surface area (Å²) in [5.41, 5.74) is 4.18. The van der Waals surface area contributed by atoms with Crippen LogP contribution in [0.4, 0.5) is 9.18 Å². The van der Waals surface area contributed by atoms with Crippen molar-refractivity contribution < 1.29 is 18.7 Å². The topological polar surface area (TPSA) is 157 Å². The number of fused-ring (bicyclic) bond motifs is 4. The zero-order valence-electron chi connectivity index (χ0n) is 32.2. The maximum absolute atomic E-state index is 15.1. The molecular weight excluding hydrogens is 751 g/mol. The van der Waals surface area contributed by atoms with Crippen molar-refractivity contribution in [3.8, 4) is 11.8 Å². The van der Waals surface area contributed by atoms with Gasteiger partial charge in [0, 0.05) is 48.5 Å². The van der Waals surface area contributed by atoms with E-state index in [1.165, 1.54) is 16.8 Å². The second-order valence-corrected chi connectivity index (χ2v) is 16.0. The Balaban J connectivity index is 1.08. The van der Waals surface area contributed by atoms with Crippen LogP contribution in [-0.2, 0) is 24.2 Å². The van der Waals surface area contributed by atoms with Crippen molar-refractivity contribution in [1.29, 1.82) is 5.26 Å². The Morgan fingerprint density at radius 3 is 2.58 bits per heavy atom. The predicted molar refractivity (Wildman–Crippen MR) is 210 cm³/mol. The predicted octanol–water partition coefficient (Wildman–Crippen LogP) is 6.36. The average molecular weight is 791 g/mol. The van der Waals surface area contributed by atoms with Gasteiger partial charge >= 0.3 is 11.8 Å². The van der Waals surface area contributed by atoms with Gasteiger partial charge in [-0.3, -0.25) is 13.9 Å². The van der Waals surface area contributed by atoms with Gasteiger partial charge < -0.3 is 19.1 Å². The molecule has 2 aliphatic rings. The number of piperidine rings is 1. The summed E-state index contributed by atoms with van der Waals surface area (Å²) < 4.78 is 25.8. The molecule has 0 radical (unpaired) electrons. The van der Waals surface area contributed by atoms with Crippen LogP contribution in [0.1, 0.15) is 78.7 Å². The number of amides is 2. The number of pyridine rings is 2. The molecule has 0 spiro atoms. The van der Waals surface area contributed by atoms with E-state index in [4.69, 9.17) is 16.3 Å². The summed E-state index contributed by atoms with van der Waals surface area (Å²) in [6.45, 7) is 10.8. The Labute approximate surface area is 332 Å². The van der Waals surface area contributed by atoms with Crippen molar-refractivity contribution in [3.63, 3.8) is 0 Å². The molecule has 2 atom stereocenters. The number of halogens is 2. The van der Waals surface area contributed by atoms with Crippen LogP contribution in [0.25, 0.3) is 27.9 Å². The Morgan fingerprint density at radius 1 is 1.07 bits per heavy atom. The van der Waals surface area contributed by atoms with Gasteiger partial charge in [-0.05, 0) is 100 Å². The molecule has 2 amide bonds. The van der Waals surface area contributed by atoms with Gasteiger partial charge in [0.1, 0.15) is 28.3 Å². The highest BCUT2D eigenvalue weighted by atomic mass is 35.5. The van der Waals surface area contributed by atoms with Crippen LogP contribution in [0.5, 0.6) is 0 Å². The molecule has 0 aliphatic carbocycles. The molecule has 6 aromatic rings. The summed E-state index contributed by atoms with van der Waals surface area (Å²) in [5.74, 6) is -0.912. The molecule has 2 aliphatic heterocycles. The summed E-state index contributed by atoms with van der Waals surface area (Å²) in [7, 11) is 0. The van der Waals surface area contributed by atoms with Crippen LogP contribution in [-0.4, -0.2) is 80.7 Å². The lowest BCUT2D eigenvalue weighted by molar-refractivity contribution is 0.0125. The Morgan fingerprint density at radius 2 is 1.88 bits per heavy atom. The molecule has 1 fully saturated rings. The number of carbonyl (C=O) groups is 2. The minimum Gasteiger partial charge on any atom is -0.444 e. The van der Waals surface area contributed by atoms with E-state index in [0.29, 0.717) is 66.2 Å². The van der Waals surface area contributed by atoms with Gasteiger partial charge in [0.25, 0.3) is 5.91 Å². The lowest BCUT2D eigenvalue weighted by atomic mass is 9.94. The number of likely N-dealkylation sites (tertiary alicyclic amines) is 1. The summed E-state index contributed by atoms with van der Waals surface area (Å²) in [5, 5.41) is 10.2. The smallest absolute Gasteiger partial charge is 0.410 e. The number of imidazole rings is 1. The number of aromatic nitrogens is 7. The summed E-state index contributed by atoms with van der Waals surface area (Å²) >= 11 is 6.35. The van der Waals surface area contributed by atoms with E-state index in [1.807, 2.05) is 50.5 Å². The summed E-state index contributed by atoms with van der Waals surface area (Å²) in [6, 6.07) is 13.2. The summed E-state index contributed by atoms with van der Waals surface area (Å²) in [6.07, 6.45) is 3.84. The second-order valence-electron chi connectivity index (χ2n) is 15.7. The van der Waals surface area contributed by atoms with E-state index in [2.05, 4.69) is 19.9 Å². The average Bonchev–Trinajstić information content (AvgIpc) is 3.65. The van der Waals surface area contributed by atoms with Gasteiger partial charge in [0.15, 0.2) is 5.65 Å². The first-order valence-corrected chi connectivity index (χ1v) is 19.1. The fraction of sp³-hybridized carbons (Fsp3) is 0.366. The first-order valence-electron chi connectivity index (χ1n) is 18.8. The highest BCUT2D eigenvalue weighted by Gasteiger charge is 2.36. The quantitative estimate of drug-likeness (QED) is 0.181. The monoisotopic (exact) mass is 790 g/mol. The van der Waals surface area contributed by atoms with Crippen LogP contribution < -0.4 is 5.69 Å². The third-order valence-corrected chi connectivity index (χ3v) is 10.9. The third-order valence-electron chi connectivity index (χ3n) is 10.7. The zero-order valence-corrected chi connectivity index (χ0v) is 32.9. The van der Waals surface area contributed by atoms with E-state index >= 15 is 4.39 Å². The van der Waals surface area contributed by atoms with Crippen molar-refractivity contribution >= 4 is 45.8 Å². The molecule has 0 bridgehead atoms. The molecule has 7 heterocycles. The lowest BCUT2D eigenvalue weighted by Gasteiger charge is -2.37. The number of nitriles is 1. The molecule has 57 heavy (non-hydrogen) atoms. The Kier molecular flexibility index (Phi) is 9.55. The number of nitrogens with zero attached hydrogens (tertiary/aromatic N) is 10. The molecule has 5 aromatic heterocycles.